The van der Waals surface area contributed by atoms with Crippen LogP contribution in [0.25, 0.3) is 0 Å². The second-order valence-corrected chi connectivity index (χ2v) is 5.73. The van der Waals surface area contributed by atoms with Crippen molar-refractivity contribution in [1.29, 1.82) is 0 Å². The number of esters is 1. The number of carboxylic acids is 1. The number of hydrogen-bond donors (Lipinski definition) is 1. The van der Waals surface area contributed by atoms with Crippen molar-refractivity contribution in [2.75, 3.05) is 6.61 Å². The zero-order chi connectivity index (χ0) is 16.5. The van der Waals surface area contributed by atoms with Crippen molar-refractivity contribution in [2.24, 2.45) is 0 Å². The third-order valence-corrected chi connectivity index (χ3v) is 3.60. The molecule has 0 aromatic rings. The number of carboxylic acid groups (broad SMARTS) is 1. The molecule has 130 valence electrons. The van der Waals surface area contributed by atoms with Gasteiger partial charge in [-0.3, -0.25) is 0 Å². The summed E-state index contributed by atoms with van der Waals surface area (Å²) in [5.41, 5.74) is 0. The summed E-state index contributed by atoms with van der Waals surface area (Å²) in [5, 5.41) is 8.35. The van der Waals surface area contributed by atoms with Gasteiger partial charge in [0.1, 0.15) is 0 Å². The van der Waals surface area contributed by atoms with Gasteiger partial charge in [-0.1, -0.05) is 77.6 Å². The Morgan fingerprint density at radius 2 is 1.22 bits per heavy atom. The Kier molecular flexibility index (Phi) is 21.4. The van der Waals surface area contributed by atoms with Crippen LogP contribution in [-0.2, 0) is 14.3 Å². The fourth-order valence-electron chi connectivity index (χ4n) is 2.30. The molecule has 0 rings (SSSR count). The molecule has 0 saturated carbocycles. The third-order valence-electron chi connectivity index (χ3n) is 3.60. The Hall–Kier alpha value is -0.320. The van der Waals surface area contributed by atoms with Gasteiger partial charge in [0.05, 0.1) is 6.61 Å². The molecule has 0 aliphatic carbocycles. The molecule has 0 spiro atoms. The van der Waals surface area contributed by atoms with Crippen LogP contribution >= 0.6 is 0 Å². The summed E-state index contributed by atoms with van der Waals surface area (Å²) in [6, 6.07) is 0. The van der Waals surface area contributed by atoms with E-state index in [9.17, 15) is 9.59 Å². The molecule has 0 fully saturated rings. The normalized spacial score (nSPS) is 10.5. The molecular formula is C18H33NaO4. The van der Waals surface area contributed by atoms with Gasteiger partial charge in [0.25, 0.3) is 0 Å². The molecule has 5 heteroatoms. The summed E-state index contributed by atoms with van der Waals surface area (Å²) in [7, 11) is 0. The first kappa shape index (κ1) is 24.9. The van der Waals surface area contributed by atoms with Crippen LogP contribution in [0.1, 0.15) is 84.0 Å². The van der Waals surface area contributed by atoms with Gasteiger partial charge in [0, 0.05) is 12.2 Å². The molecule has 0 bridgehead atoms. The van der Waals surface area contributed by atoms with E-state index in [2.05, 4.69) is 6.92 Å². The summed E-state index contributed by atoms with van der Waals surface area (Å²) < 4.78 is 4.90. The molecule has 23 heavy (non-hydrogen) atoms. The Bertz CT molecular complexity index is 316. The van der Waals surface area contributed by atoms with Gasteiger partial charge >= 0.3 is 41.5 Å². The summed E-state index contributed by atoms with van der Waals surface area (Å²) in [6.45, 7) is 2.62. The second-order valence-electron chi connectivity index (χ2n) is 5.73. The Labute approximate surface area is 163 Å². The minimum absolute atomic E-state index is 0. The van der Waals surface area contributed by atoms with Crippen LogP contribution in [0.15, 0.2) is 12.2 Å². The van der Waals surface area contributed by atoms with Gasteiger partial charge in [0.15, 0.2) is 0 Å². The monoisotopic (exact) mass is 336 g/mol. The quantitative estimate of drug-likeness (QED) is 0.210. The number of hydrogen-bond acceptors (Lipinski definition) is 3. The van der Waals surface area contributed by atoms with E-state index in [1.165, 1.54) is 64.2 Å². The van der Waals surface area contributed by atoms with Gasteiger partial charge < -0.3 is 9.84 Å². The standard InChI is InChI=1S/C18H32O4.Na.H/c1-2-3-4-5-6-7-8-9-10-11-12-13-16-22-18(21)15-14-17(19)20;;/h14-15H,2-13,16H2,1H3,(H,19,20);;/b15-14-;;. The number of rotatable bonds is 15. The zero-order valence-electron chi connectivity index (χ0n) is 14.0. The van der Waals surface area contributed by atoms with E-state index >= 15 is 0 Å². The summed E-state index contributed by atoms with van der Waals surface area (Å²) in [6.07, 6.45) is 16.9. The van der Waals surface area contributed by atoms with Crippen molar-refractivity contribution in [3.05, 3.63) is 12.2 Å². The minimum atomic E-state index is -1.14. The molecule has 0 aromatic carbocycles. The van der Waals surface area contributed by atoms with Gasteiger partial charge in [-0.05, 0) is 6.42 Å². The topological polar surface area (TPSA) is 63.6 Å². The number of ether oxygens (including phenoxy) is 1. The predicted molar refractivity (Wildman–Crippen MR) is 96.0 cm³/mol. The van der Waals surface area contributed by atoms with Crippen molar-refractivity contribution in [3.63, 3.8) is 0 Å². The summed E-state index contributed by atoms with van der Waals surface area (Å²) in [5.74, 6) is -1.72. The van der Waals surface area contributed by atoms with Gasteiger partial charge in [0.2, 0.25) is 0 Å². The molecule has 0 aromatic heterocycles. The average molecular weight is 336 g/mol. The molecule has 0 aliphatic rings. The van der Waals surface area contributed by atoms with Crippen LogP contribution < -0.4 is 0 Å². The summed E-state index contributed by atoms with van der Waals surface area (Å²) >= 11 is 0. The van der Waals surface area contributed by atoms with Crippen molar-refractivity contribution in [2.45, 2.75) is 84.0 Å². The van der Waals surface area contributed by atoms with Crippen LogP contribution in [0.4, 0.5) is 0 Å². The number of aliphatic carboxylic acids is 1. The van der Waals surface area contributed by atoms with E-state index in [0.29, 0.717) is 6.61 Å². The molecule has 0 unspecified atom stereocenters. The molecule has 4 nitrogen and oxygen atoms in total. The van der Waals surface area contributed by atoms with E-state index in [4.69, 9.17) is 9.84 Å². The fourth-order valence-corrected chi connectivity index (χ4v) is 2.30. The molecule has 0 atom stereocenters. The van der Waals surface area contributed by atoms with Crippen LogP contribution in [-0.4, -0.2) is 53.2 Å². The zero-order valence-corrected chi connectivity index (χ0v) is 14.0. The number of carbonyl (C=O) groups excluding carboxylic acids is 1. The van der Waals surface area contributed by atoms with Crippen LogP contribution in [0.5, 0.6) is 0 Å². The van der Waals surface area contributed by atoms with Gasteiger partial charge in [-0.15, -0.1) is 0 Å². The van der Waals surface area contributed by atoms with Crippen molar-refractivity contribution in [3.8, 4) is 0 Å². The number of unbranched alkanes of at least 4 members (excludes halogenated alkanes) is 11. The van der Waals surface area contributed by atoms with Gasteiger partial charge in [-0.2, -0.15) is 0 Å². The van der Waals surface area contributed by atoms with Crippen LogP contribution in [0.2, 0.25) is 0 Å². The molecule has 0 aliphatic heterocycles. The van der Waals surface area contributed by atoms with E-state index in [1.54, 1.807) is 0 Å². The SMILES string of the molecule is CCCCCCCCCCCCCCOC(=O)/C=C\C(=O)O.[NaH]. The third kappa shape index (κ3) is 21.7. The first-order valence-electron chi connectivity index (χ1n) is 8.74. The number of carbonyl (C=O) groups is 2. The molecule has 1 N–H and O–H groups in total. The second kappa shape index (κ2) is 19.7. The van der Waals surface area contributed by atoms with Gasteiger partial charge in [-0.25, -0.2) is 9.59 Å². The Morgan fingerprint density at radius 1 is 0.783 bits per heavy atom. The van der Waals surface area contributed by atoms with Crippen LogP contribution in [0.3, 0.4) is 0 Å². The first-order valence-corrected chi connectivity index (χ1v) is 8.74. The molecule has 0 heterocycles. The maximum atomic E-state index is 11.1. The summed E-state index contributed by atoms with van der Waals surface area (Å²) in [4.78, 5) is 21.3. The van der Waals surface area contributed by atoms with Crippen molar-refractivity contribution >= 4 is 41.5 Å². The average Bonchev–Trinajstić information content (AvgIpc) is 2.49. The van der Waals surface area contributed by atoms with Crippen molar-refractivity contribution in [1.82, 2.24) is 0 Å². The van der Waals surface area contributed by atoms with Crippen molar-refractivity contribution < 1.29 is 19.4 Å². The molecule has 0 amide bonds. The Morgan fingerprint density at radius 3 is 1.65 bits per heavy atom. The molecule has 0 radical (unpaired) electrons. The van der Waals surface area contributed by atoms with E-state index in [1.807, 2.05) is 0 Å². The molecular weight excluding hydrogens is 303 g/mol. The first-order chi connectivity index (χ1) is 10.7. The van der Waals surface area contributed by atoms with E-state index in [-0.39, 0.29) is 29.6 Å². The predicted octanol–water partition coefficient (Wildman–Crippen LogP) is 4.22. The van der Waals surface area contributed by atoms with E-state index in [0.717, 1.165) is 25.0 Å². The fraction of sp³-hybridized carbons (Fsp3) is 0.778. The Balaban J connectivity index is 0. The van der Waals surface area contributed by atoms with Crippen LogP contribution in [0, 0.1) is 0 Å². The molecule has 0 saturated heterocycles. The maximum absolute atomic E-state index is 11.1. The van der Waals surface area contributed by atoms with E-state index < -0.39 is 11.9 Å².